The number of aryl methyl sites for hydroxylation is 1. The molecule has 0 unspecified atom stereocenters. The van der Waals surface area contributed by atoms with Crippen LogP contribution in [0.15, 0.2) is 29.6 Å². The third-order valence-corrected chi connectivity index (χ3v) is 5.53. The molecule has 24 heavy (non-hydrogen) atoms. The second kappa shape index (κ2) is 7.66. The third kappa shape index (κ3) is 4.06. The highest BCUT2D eigenvalue weighted by Gasteiger charge is 2.21. The molecule has 0 spiro atoms. The summed E-state index contributed by atoms with van der Waals surface area (Å²) in [5.41, 5.74) is 7.01. The third-order valence-electron chi connectivity index (χ3n) is 4.63. The molecule has 6 heteroatoms. The van der Waals surface area contributed by atoms with Gasteiger partial charge in [0.1, 0.15) is 11.4 Å². The van der Waals surface area contributed by atoms with Gasteiger partial charge in [0.15, 0.2) is 5.13 Å². The highest BCUT2D eigenvalue weighted by atomic mass is 32.1. The zero-order valence-electron chi connectivity index (χ0n) is 13.9. The first kappa shape index (κ1) is 16.8. The molecule has 0 aliphatic carbocycles. The lowest BCUT2D eigenvalue weighted by Crippen LogP contribution is -2.33. The number of rotatable bonds is 6. The number of hydrogen-bond donors (Lipinski definition) is 1. The van der Waals surface area contributed by atoms with E-state index in [0.29, 0.717) is 5.69 Å². The Morgan fingerprint density at radius 1 is 1.33 bits per heavy atom. The van der Waals surface area contributed by atoms with Crippen LogP contribution in [0.2, 0.25) is 0 Å². The van der Waals surface area contributed by atoms with E-state index in [1.165, 1.54) is 36.2 Å². The number of carbonyl (C=O) groups is 1. The minimum Gasteiger partial charge on any atom is -0.497 e. The number of benzene rings is 1. The summed E-state index contributed by atoms with van der Waals surface area (Å²) in [6.45, 7) is 2.00. The van der Waals surface area contributed by atoms with Gasteiger partial charge in [-0.3, -0.25) is 4.79 Å². The number of amides is 1. The van der Waals surface area contributed by atoms with Crippen molar-refractivity contribution in [2.24, 2.45) is 11.7 Å². The van der Waals surface area contributed by atoms with Gasteiger partial charge < -0.3 is 15.4 Å². The number of ether oxygens (including phenoxy) is 1. The Morgan fingerprint density at radius 2 is 2.04 bits per heavy atom. The fourth-order valence-corrected chi connectivity index (χ4v) is 3.97. The molecule has 2 N–H and O–H groups in total. The first-order valence-electron chi connectivity index (χ1n) is 8.29. The Morgan fingerprint density at radius 3 is 2.62 bits per heavy atom. The number of primary amides is 1. The quantitative estimate of drug-likeness (QED) is 0.873. The van der Waals surface area contributed by atoms with E-state index in [0.717, 1.165) is 36.3 Å². The number of methoxy groups -OCH3 is 1. The molecule has 2 heterocycles. The van der Waals surface area contributed by atoms with Crippen molar-refractivity contribution in [3.8, 4) is 5.75 Å². The number of anilines is 1. The van der Waals surface area contributed by atoms with Crippen LogP contribution < -0.4 is 15.4 Å². The molecule has 3 rings (SSSR count). The van der Waals surface area contributed by atoms with Crippen LogP contribution in [0.25, 0.3) is 0 Å². The number of nitrogens with zero attached hydrogens (tertiary/aromatic N) is 2. The lowest BCUT2D eigenvalue weighted by molar-refractivity contribution is 0.0996. The van der Waals surface area contributed by atoms with E-state index in [4.69, 9.17) is 10.5 Å². The standard InChI is InChI=1S/C18H23N3O2S/c1-23-15-6-4-13(5-7-15)2-3-14-8-10-21(11-9-14)18-20-16(12-24-18)17(19)22/h4-7,12,14H,2-3,8-11H2,1H3,(H2,19,22). The zero-order valence-corrected chi connectivity index (χ0v) is 14.7. The van der Waals surface area contributed by atoms with Crippen molar-refractivity contribution in [3.05, 3.63) is 40.9 Å². The highest BCUT2D eigenvalue weighted by Crippen LogP contribution is 2.28. The molecule has 0 bridgehead atoms. The molecule has 0 saturated carbocycles. The molecule has 0 radical (unpaired) electrons. The van der Waals surface area contributed by atoms with Crippen LogP contribution >= 0.6 is 11.3 Å². The average Bonchev–Trinajstić information content (AvgIpc) is 3.11. The summed E-state index contributed by atoms with van der Waals surface area (Å²) in [5, 5.41) is 2.66. The van der Waals surface area contributed by atoms with Crippen molar-refractivity contribution in [1.29, 1.82) is 0 Å². The maximum atomic E-state index is 11.1. The van der Waals surface area contributed by atoms with Crippen LogP contribution in [0.4, 0.5) is 5.13 Å². The predicted octanol–water partition coefficient (Wildman–Crippen LogP) is 3.10. The summed E-state index contributed by atoms with van der Waals surface area (Å²) in [6.07, 6.45) is 4.66. The van der Waals surface area contributed by atoms with Gasteiger partial charge in [-0.1, -0.05) is 12.1 Å². The SMILES string of the molecule is COc1ccc(CCC2CCN(c3nc(C(N)=O)cs3)CC2)cc1. The normalized spacial score (nSPS) is 15.5. The first-order valence-corrected chi connectivity index (χ1v) is 9.17. The summed E-state index contributed by atoms with van der Waals surface area (Å²) in [7, 11) is 1.69. The monoisotopic (exact) mass is 345 g/mol. The molecule has 1 fully saturated rings. The number of nitrogens with two attached hydrogens (primary N) is 1. The summed E-state index contributed by atoms with van der Waals surface area (Å²) < 4.78 is 5.19. The fraction of sp³-hybridized carbons (Fsp3) is 0.444. The Hall–Kier alpha value is -2.08. The average molecular weight is 345 g/mol. The van der Waals surface area contributed by atoms with Crippen molar-refractivity contribution in [3.63, 3.8) is 0 Å². The summed E-state index contributed by atoms with van der Waals surface area (Å²) >= 11 is 1.50. The Balaban J connectivity index is 1.46. The smallest absolute Gasteiger partial charge is 0.268 e. The van der Waals surface area contributed by atoms with Gasteiger partial charge in [-0.15, -0.1) is 11.3 Å². The molecule has 1 saturated heterocycles. The Kier molecular flexibility index (Phi) is 5.35. The van der Waals surface area contributed by atoms with Gasteiger partial charge in [-0.25, -0.2) is 4.98 Å². The number of aromatic nitrogens is 1. The zero-order chi connectivity index (χ0) is 16.9. The highest BCUT2D eigenvalue weighted by molar-refractivity contribution is 7.13. The van der Waals surface area contributed by atoms with Crippen molar-refractivity contribution >= 4 is 22.4 Å². The van der Waals surface area contributed by atoms with E-state index in [1.807, 2.05) is 12.1 Å². The number of piperidine rings is 1. The van der Waals surface area contributed by atoms with Crippen LogP contribution in [0.1, 0.15) is 35.3 Å². The molecule has 0 atom stereocenters. The maximum absolute atomic E-state index is 11.1. The van der Waals surface area contributed by atoms with Gasteiger partial charge in [0.25, 0.3) is 5.91 Å². The van der Waals surface area contributed by atoms with Gasteiger partial charge in [0.05, 0.1) is 7.11 Å². The van der Waals surface area contributed by atoms with E-state index in [9.17, 15) is 4.79 Å². The number of hydrogen-bond acceptors (Lipinski definition) is 5. The Labute approximate surface area is 146 Å². The van der Waals surface area contributed by atoms with Gasteiger partial charge in [0, 0.05) is 18.5 Å². The van der Waals surface area contributed by atoms with Crippen LogP contribution in [0.3, 0.4) is 0 Å². The number of thiazole rings is 1. The molecule has 2 aromatic rings. The molecule has 1 amide bonds. The van der Waals surface area contributed by atoms with Crippen LogP contribution in [0.5, 0.6) is 5.75 Å². The van der Waals surface area contributed by atoms with Crippen molar-refractivity contribution in [2.75, 3.05) is 25.1 Å². The van der Waals surface area contributed by atoms with Crippen LogP contribution in [-0.2, 0) is 6.42 Å². The molecular formula is C18H23N3O2S. The van der Waals surface area contributed by atoms with Crippen LogP contribution in [0, 0.1) is 5.92 Å². The first-order chi connectivity index (χ1) is 11.7. The molecule has 1 aliphatic heterocycles. The van der Waals surface area contributed by atoms with Crippen LogP contribution in [-0.4, -0.2) is 31.1 Å². The van der Waals surface area contributed by atoms with E-state index < -0.39 is 5.91 Å². The minimum atomic E-state index is -0.452. The van der Waals surface area contributed by atoms with E-state index in [-0.39, 0.29) is 0 Å². The van der Waals surface area contributed by atoms with Gasteiger partial charge in [-0.05, 0) is 49.3 Å². The van der Waals surface area contributed by atoms with E-state index in [1.54, 1.807) is 12.5 Å². The topological polar surface area (TPSA) is 68.4 Å². The Bertz CT molecular complexity index is 676. The molecule has 1 aromatic carbocycles. The lowest BCUT2D eigenvalue weighted by Gasteiger charge is -2.31. The number of carbonyl (C=O) groups excluding carboxylic acids is 1. The predicted molar refractivity (Wildman–Crippen MR) is 96.9 cm³/mol. The molecule has 5 nitrogen and oxygen atoms in total. The van der Waals surface area contributed by atoms with E-state index >= 15 is 0 Å². The van der Waals surface area contributed by atoms with Crippen molar-refractivity contribution in [2.45, 2.75) is 25.7 Å². The molecular weight excluding hydrogens is 322 g/mol. The second-order valence-corrected chi connectivity index (χ2v) is 7.03. The van der Waals surface area contributed by atoms with Crippen molar-refractivity contribution in [1.82, 2.24) is 4.98 Å². The second-order valence-electron chi connectivity index (χ2n) is 6.20. The minimum absolute atomic E-state index is 0.372. The van der Waals surface area contributed by atoms with Crippen molar-refractivity contribution < 1.29 is 9.53 Å². The fourth-order valence-electron chi connectivity index (χ4n) is 3.10. The van der Waals surface area contributed by atoms with E-state index in [2.05, 4.69) is 22.0 Å². The summed E-state index contributed by atoms with van der Waals surface area (Å²) in [6, 6.07) is 8.34. The molecule has 1 aromatic heterocycles. The van der Waals surface area contributed by atoms with Gasteiger partial charge in [-0.2, -0.15) is 0 Å². The summed E-state index contributed by atoms with van der Waals surface area (Å²) in [5.74, 6) is 1.21. The summed E-state index contributed by atoms with van der Waals surface area (Å²) in [4.78, 5) is 17.7. The largest absolute Gasteiger partial charge is 0.497 e. The molecule has 128 valence electrons. The maximum Gasteiger partial charge on any atom is 0.268 e. The molecule has 1 aliphatic rings. The lowest BCUT2D eigenvalue weighted by atomic mass is 9.91. The van der Waals surface area contributed by atoms with Gasteiger partial charge >= 0.3 is 0 Å². The van der Waals surface area contributed by atoms with Gasteiger partial charge in [0.2, 0.25) is 0 Å².